The lowest BCUT2D eigenvalue weighted by atomic mass is 10.3. The highest BCUT2D eigenvalue weighted by Gasteiger charge is 2.12. The van der Waals surface area contributed by atoms with E-state index in [0.717, 1.165) is 4.57 Å². The molecule has 78 valence electrons. The normalized spacial score (nSPS) is 10.7. The molecule has 0 aliphatic rings. The molecular formula is C9H6FNO3S. The van der Waals surface area contributed by atoms with Gasteiger partial charge < -0.3 is 5.11 Å². The smallest absolute Gasteiger partial charge is 0.323 e. The molecular weight excluding hydrogens is 221 g/mol. The second-order valence-corrected chi connectivity index (χ2v) is 3.90. The molecule has 0 aliphatic carbocycles. The number of carboxylic acids is 1. The van der Waals surface area contributed by atoms with Crippen molar-refractivity contribution in [1.82, 2.24) is 4.57 Å². The van der Waals surface area contributed by atoms with E-state index in [-0.39, 0.29) is 4.70 Å². The lowest BCUT2D eigenvalue weighted by molar-refractivity contribution is -0.137. The fourth-order valence-electron chi connectivity index (χ4n) is 1.34. The van der Waals surface area contributed by atoms with Crippen molar-refractivity contribution in [2.45, 2.75) is 6.54 Å². The van der Waals surface area contributed by atoms with Crippen molar-refractivity contribution in [3.63, 3.8) is 0 Å². The Kier molecular flexibility index (Phi) is 2.28. The van der Waals surface area contributed by atoms with Gasteiger partial charge in [-0.1, -0.05) is 17.4 Å². The zero-order valence-electron chi connectivity index (χ0n) is 7.44. The standard InChI is InChI=1S/C9H6FNO3S/c10-5-2-1-3-6-8(5)15-9(14)11(6)4-7(12)13/h1-3H,4H2,(H,12,13). The van der Waals surface area contributed by atoms with E-state index in [1.54, 1.807) is 0 Å². The van der Waals surface area contributed by atoms with Crippen molar-refractivity contribution in [3.05, 3.63) is 33.7 Å². The Labute approximate surface area is 87.2 Å². The highest BCUT2D eigenvalue weighted by atomic mass is 32.1. The third-order valence-corrected chi connectivity index (χ3v) is 2.94. The molecule has 0 radical (unpaired) electrons. The molecule has 0 spiro atoms. The van der Waals surface area contributed by atoms with E-state index in [1.807, 2.05) is 0 Å². The van der Waals surface area contributed by atoms with Gasteiger partial charge in [-0.3, -0.25) is 14.2 Å². The van der Waals surface area contributed by atoms with Crippen LogP contribution in [0.2, 0.25) is 0 Å². The molecule has 0 aliphatic heterocycles. The van der Waals surface area contributed by atoms with E-state index in [4.69, 9.17) is 5.11 Å². The van der Waals surface area contributed by atoms with Gasteiger partial charge in [-0.05, 0) is 12.1 Å². The molecule has 0 saturated heterocycles. The Morgan fingerprint density at radius 1 is 1.53 bits per heavy atom. The SMILES string of the molecule is O=C(O)Cn1c(=O)sc2c(F)cccc21. The molecule has 15 heavy (non-hydrogen) atoms. The minimum atomic E-state index is -1.12. The third-order valence-electron chi connectivity index (χ3n) is 1.94. The van der Waals surface area contributed by atoms with Crippen LogP contribution in [0.1, 0.15) is 0 Å². The predicted octanol–water partition coefficient (Wildman–Crippen LogP) is 1.29. The number of benzene rings is 1. The number of nitrogens with zero attached hydrogens (tertiary/aromatic N) is 1. The Morgan fingerprint density at radius 2 is 2.27 bits per heavy atom. The number of carbonyl (C=O) groups is 1. The minimum absolute atomic E-state index is 0.198. The Hall–Kier alpha value is -1.69. The summed E-state index contributed by atoms with van der Waals surface area (Å²) < 4.78 is 14.5. The van der Waals surface area contributed by atoms with Gasteiger partial charge in [0.05, 0.1) is 10.2 Å². The van der Waals surface area contributed by atoms with Gasteiger partial charge in [0, 0.05) is 0 Å². The Bertz CT molecular complexity index is 587. The van der Waals surface area contributed by atoms with Gasteiger partial charge in [-0.2, -0.15) is 0 Å². The molecule has 1 heterocycles. The highest BCUT2D eigenvalue weighted by molar-refractivity contribution is 7.16. The molecule has 0 fully saturated rings. The van der Waals surface area contributed by atoms with Crippen LogP contribution in [0.25, 0.3) is 10.2 Å². The summed E-state index contributed by atoms with van der Waals surface area (Å²) in [6.07, 6.45) is 0. The fraction of sp³-hybridized carbons (Fsp3) is 0.111. The quantitative estimate of drug-likeness (QED) is 0.840. The van der Waals surface area contributed by atoms with Gasteiger partial charge >= 0.3 is 10.8 Å². The molecule has 0 unspecified atom stereocenters. The number of halogens is 1. The first kappa shape index (κ1) is 9.85. The van der Waals surface area contributed by atoms with Gasteiger partial charge in [-0.15, -0.1) is 0 Å². The van der Waals surface area contributed by atoms with Crippen LogP contribution in [0.4, 0.5) is 4.39 Å². The summed E-state index contributed by atoms with van der Waals surface area (Å²) >= 11 is 0.716. The lowest BCUT2D eigenvalue weighted by Crippen LogP contribution is -2.18. The van der Waals surface area contributed by atoms with E-state index in [2.05, 4.69) is 0 Å². The van der Waals surface area contributed by atoms with Gasteiger partial charge in [0.1, 0.15) is 12.4 Å². The summed E-state index contributed by atoms with van der Waals surface area (Å²) in [5.74, 6) is -1.63. The molecule has 0 atom stereocenters. The van der Waals surface area contributed by atoms with Crippen molar-refractivity contribution in [3.8, 4) is 0 Å². The number of fused-ring (bicyclic) bond motifs is 1. The largest absolute Gasteiger partial charge is 0.480 e. The van der Waals surface area contributed by atoms with E-state index < -0.39 is 23.2 Å². The minimum Gasteiger partial charge on any atom is -0.480 e. The first-order chi connectivity index (χ1) is 7.09. The number of thiazole rings is 1. The summed E-state index contributed by atoms with van der Waals surface area (Å²) in [5, 5.41) is 8.59. The monoisotopic (exact) mass is 227 g/mol. The maximum absolute atomic E-state index is 13.2. The Balaban J connectivity index is 2.74. The van der Waals surface area contributed by atoms with Crippen molar-refractivity contribution in [2.24, 2.45) is 0 Å². The van der Waals surface area contributed by atoms with Crippen LogP contribution >= 0.6 is 11.3 Å². The zero-order valence-corrected chi connectivity index (χ0v) is 8.25. The average Bonchev–Trinajstić information content (AvgIpc) is 2.45. The molecule has 0 bridgehead atoms. The fourth-order valence-corrected chi connectivity index (χ4v) is 2.23. The number of aliphatic carboxylic acids is 1. The number of carboxylic acid groups (broad SMARTS) is 1. The summed E-state index contributed by atoms with van der Waals surface area (Å²) in [6.45, 7) is -0.442. The summed E-state index contributed by atoms with van der Waals surface area (Å²) in [6, 6.07) is 4.21. The predicted molar refractivity (Wildman–Crippen MR) is 53.7 cm³/mol. The molecule has 4 nitrogen and oxygen atoms in total. The topological polar surface area (TPSA) is 59.3 Å². The van der Waals surface area contributed by atoms with Gasteiger partial charge in [0.25, 0.3) is 0 Å². The molecule has 0 amide bonds. The van der Waals surface area contributed by atoms with Crippen molar-refractivity contribution in [1.29, 1.82) is 0 Å². The van der Waals surface area contributed by atoms with Crippen LogP contribution in [0.3, 0.4) is 0 Å². The van der Waals surface area contributed by atoms with Crippen LogP contribution in [-0.4, -0.2) is 15.6 Å². The third kappa shape index (κ3) is 1.63. The van der Waals surface area contributed by atoms with Gasteiger partial charge in [0.15, 0.2) is 0 Å². The molecule has 2 rings (SSSR count). The van der Waals surface area contributed by atoms with E-state index >= 15 is 0 Å². The van der Waals surface area contributed by atoms with Crippen molar-refractivity contribution in [2.75, 3.05) is 0 Å². The van der Waals surface area contributed by atoms with E-state index in [9.17, 15) is 14.0 Å². The number of aromatic nitrogens is 1. The van der Waals surface area contributed by atoms with E-state index in [0.29, 0.717) is 16.9 Å². The zero-order chi connectivity index (χ0) is 11.0. The van der Waals surface area contributed by atoms with Crippen LogP contribution in [0.5, 0.6) is 0 Å². The summed E-state index contributed by atoms with van der Waals surface area (Å²) in [5.41, 5.74) is 0.326. The second-order valence-electron chi connectivity index (χ2n) is 2.94. The Morgan fingerprint density at radius 3 is 2.93 bits per heavy atom. The first-order valence-electron chi connectivity index (χ1n) is 4.09. The van der Waals surface area contributed by atoms with Crippen LogP contribution in [-0.2, 0) is 11.3 Å². The number of hydrogen-bond acceptors (Lipinski definition) is 3. The van der Waals surface area contributed by atoms with Gasteiger partial charge in [0.2, 0.25) is 0 Å². The molecule has 0 saturated carbocycles. The summed E-state index contributed by atoms with van der Waals surface area (Å²) in [4.78, 5) is 21.4. The highest BCUT2D eigenvalue weighted by Crippen LogP contribution is 2.20. The molecule has 1 aromatic heterocycles. The molecule has 1 aromatic carbocycles. The first-order valence-corrected chi connectivity index (χ1v) is 4.91. The van der Waals surface area contributed by atoms with Crippen molar-refractivity contribution < 1.29 is 14.3 Å². The van der Waals surface area contributed by atoms with Crippen LogP contribution < -0.4 is 4.87 Å². The maximum Gasteiger partial charge on any atom is 0.323 e. The number of rotatable bonds is 2. The maximum atomic E-state index is 13.2. The molecule has 1 N–H and O–H groups in total. The van der Waals surface area contributed by atoms with Gasteiger partial charge in [-0.25, -0.2) is 4.39 Å². The second kappa shape index (κ2) is 3.47. The lowest BCUT2D eigenvalue weighted by Gasteiger charge is -1.98. The molecule has 2 aromatic rings. The molecule has 6 heteroatoms. The number of hydrogen-bond donors (Lipinski definition) is 1. The van der Waals surface area contributed by atoms with Crippen LogP contribution in [0.15, 0.2) is 23.0 Å². The summed E-state index contributed by atoms with van der Waals surface area (Å²) in [7, 11) is 0. The van der Waals surface area contributed by atoms with E-state index in [1.165, 1.54) is 18.2 Å². The van der Waals surface area contributed by atoms with Crippen LogP contribution in [0, 0.1) is 5.82 Å². The average molecular weight is 227 g/mol. The van der Waals surface area contributed by atoms with Crippen molar-refractivity contribution >= 4 is 27.5 Å².